The molecule has 0 N–H and O–H groups in total. The second-order valence-corrected chi connectivity index (χ2v) is 4.06. The molecule has 1 heterocycles. The third-order valence-corrected chi connectivity index (χ3v) is 3.02. The molecule has 0 aliphatic rings. The van der Waals surface area contributed by atoms with Crippen molar-refractivity contribution < 1.29 is 9.13 Å². The van der Waals surface area contributed by atoms with Crippen LogP contribution in [0.4, 0.5) is 4.39 Å². The summed E-state index contributed by atoms with van der Waals surface area (Å²) in [5.74, 6) is 0.612. The second kappa shape index (κ2) is 4.18. The number of nitrogens with zero attached hydrogens (tertiary/aromatic N) is 1. The van der Waals surface area contributed by atoms with Crippen molar-refractivity contribution in [2.24, 2.45) is 0 Å². The lowest BCUT2D eigenvalue weighted by atomic mass is 10.2. The summed E-state index contributed by atoms with van der Waals surface area (Å²) in [6.45, 7) is 0. The Hall–Kier alpha value is -2.29. The van der Waals surface area contributed by atoms with Crippen LogP contribution < -0.4 is 4.74 Å². The number of aromatic nitrogens is 1. The lowest BCUT2D eigenvalue weighted by Gasteiger charge is -2.06. The highest BCUT2D eigenvalue weighted by molar-refractivity contribution is 5.87. The summed E-state index contributed by atoms with van der Waals surface area (Å²) in [6.07, 6.45) is 1.96. The Morgan fingerprint density at radius 1 is 1.00 bits per heavy atom. The van der Waals surface area contributed by atoms with E-state index in [1.165, 1.54) is 12.1 Å². The minimum Gasteiger partial charge on any atom is -0.496 e. The summed E-state index contributed by atoms with van der Waals surface area (Å²) in [5, 5.41) is 1.05. The van der Waals surface area contributed by atoms with Crippen molar-refractivity contribution in [1.82, 2.24) is 4.57 Å². The SMILES string of the molecule is COc1cccc2c1ccn2-c1ccc(F)cc1. The van der Waals surface area contributed by atoms with E-state index in [1.54, 1.807) is 19.2 Å². The summed E-state index contributed by atoms with van der Waals surface area (Å²) < 4.78 is 20.3. The summed E-state index contributed by atoms with van der Waals surface area (Å²) in [4.78, 5) is 0. The van der Waals surface area contributed by atoms with Crippen LogP contribution in [0, 0.1) is 5.82 Å². The van der Waals surface area contributed by atoms with Crippen molar-refractivity contribution >= 4 is 10.9 Å². The van der Waals surface area contributed by atoms with Gasteiger partial charge in [-0.2, -0.15) is 0 Å². The number of fused-ring (bicyclic) bond motifs is 1. The molecule has 0 saturated carbocycles. The van der Waals surface area contributed by atoms with Gasteiger partial charge in [0.15, 0.2) is 0 Å². The average Bonchev–Trinajstić information content (AvgIpc) is 2.83. The predicted molar refractivity (Wildman–Crippen MR) is 69.8 cm³/mol. The van der Waals surface area contributed by atoms with Crippen LogP contribution in [0.3, 0.4) is 0 Å². The van der Waals surface area contributed by atoms with Gasteiger partial charge in [0.25, 0.3) is 0 Å². The van der Waals surface area contributed by atoms with Crippen LogP contribution in [0.5, 0.6) is 5.75 Å². The molecule has 0 aliphatic heterocycles. The van der Waals surface area contributed by atoms with Crippen molar-refractivity contribution in [2.45, 2.75) is 0 Å². The van der Waals surface area contributed by atoms with E-state index in [4.69, 9.17) is 4.74 Å². The van der Waals surface area contributed by atoms with Crippen LogP contribution in [-0.4, -0.2) is 11.7 Å². The van der Waals surface area contributed by atoms with E-state index in [0.717, 1.165) is 22.3 Å². The van der Waals surface area contributed by atoms with Crippen LogP contribution in [-0.2, 0) is 0 Å². The van der Waals surface area contributed by atoms with E-state index in [-0.39, 0.29) is 5.82 Å². The van der Waals surface area contributed by atoms with Crippen molar-refractivity contribution in [3.63, 3.8) is 0 Å². The Bertz CT molecular complexity index is 685. The molecular formula is C15H12FNO. The van der Waals surface area contributed by atoms with Crippen LogP contribution in [0.1, 0.15) is 0 Å². The van der Waals surface area contributed by atoms with E-state index in [9.17, 15) is 4.39 Å². The minimum atomic E-state index is -0.229. The van der Waals surface area contributed by atoms with Crippen LogP contribution in [0.15, 0.2) is 54.7 Å². The molecule has 1 aromatic heterocycles. The van der Waals surface area contributed by atoms with E-state index >= 15 is 0 Å². The first-order chi connectivity index (χ1) is 8.79. The zero-order chi connectivity index (χ0) is 12.5. The van der Waals surface area contributed by atoms with Crippen LogP contribution in [0.25, 0.3) is 16.6 Å². The Balaban J connectivity index is 2.21. The fourth-order valence-corrected chi connectivity index (χ4v) is 2.14. The lowest BCUT2D eigenvalue weighted by Crippen LogP contribution is -1.92. The van der Waals surface area contributed by atoms with Gasteiger partial charge in [0.05, 0.1) is 12.6 Å². The number of methoxy groups -OCH3 is 1. The molecule has 0 spiro atoms. The molecule has 0 amide bonds. The molecule has 90 valence electrons. The molecule has 0 bridgehead atoms. The quantitative estimate of drug-likeness (QED) is 0.666. The topological polar surface area (TPSA) is 14.2 Å². The maximum Gasteiger partial charge on any atom is 0.128 e. The second-order valence-electron chi connectivity index (χ2n) is 4.06. The Morgan fingerprint density at radius 2 is 1.78 bits per heavy atom. The van der Waals surface area contributed by atoms with Gasteiger partial charge in [-0.05, 0) is 42.5 Å². The van der Waals surface area contributed by atoms with Gasteiger partial charge in [0.2, 0.25) is 0 Å². The molecule has 18 heavy (non-hydrogen) atoms. The zero-order valence-electron chi connectivity index (χ0n) is 9.93. The van der Waals surface area contributed by atoms with Gasteiger partial charge >= 0.3 is 0 Å². The van der Waals surface area contributed by atoms with Gasteiger partial charge in [0, 0.05) is 17.3 Å². The molecule has 2 nitrogen and oxygen atoms in total. The maximum absolute atomic E-state index is 12.9. The third-order valence-electron chi connectivity index (χ3n) is 3.02. The first-order valence-corrected chi connectivity index (χ1v) is 5.69. The maximum atomic E-state index is 12.9. The average molecular weight is 241 g/mol. The highest BCUT2D eigenvalue weighted by atomic mass is 19.1. The lowest BCUT2D eigenvalue weighted by molar-refractivity contribution is 0.420. The molecular weight excluding hydrogens is 229 g/mol. The largest absolute Gasteiger partial charge is 0.496 e. The summed E-state index contributed by atoms with van der Waals surface area (Å²) in [5.41, 5.74) is 1.97. The molecule has 0 aliphatic carbocycles. The van der Waals surface area contributed by atoms with Gasteiger partial charge in [-0.1, -0.05) is 6.07 Å². The van der Waals surface area contributed by atoms with Crippen molar-refractivity contribution in [3.05, 3.63) is 60.5 Å². The molecule has 0 saturated heterocycles. The van der Waals surface area contributed by atoms with E-state index in [1.807, 2.05) is 35.0 Å². The standard InChI is InChI=1S/C15H12FNO/c1-18-15-4-2-3-14-13(15)9-10-17(14)12-7-5-11(16)6-8-12/h2-10H,1H3. The van der Waals surface area contributed by atoms with Gasteiger partial charge in [-0.15, -0.1) is 0 Å². The van der Waals surface area contributed by atoms with Gasteiger partial charge in [-0.25, -0.2) is 4.39 Å². The van der Waals surface area contributed by atoms with Crippen molar-refractivity contribution in [2.75, 3.05) is 7.11 Å². The summed E-state index contributed by atoms with van der Waals surface area (Å²) >= 11 is 0. The monoisotopic (exact) mass is 241 g/mol. The normalized spacial score (nSPS) is 10.8. The molecule has 3 heteroatoms. The predicted octanol–water partition coefficient (Wildman–Crippen LogP) is 3.78. The van der Waals surface area contributed by atoms with Crippen molar-refractivity contribution in [1.29, 1.82) is 0 Å². The highest BCUT2D eigenvalue weighted by Gasteiger charge is 2.06. The number of halogens is 1. The van der Waals surface area contributed by atoms with Crippen LogP contribution in [0.2, 0.25) is 0 Å². The number of ether oxygens (including phenoxy) is 1. The van der Waals surface area contributed by atoms with Crippen molar-refractivity contribution in [3.8, 4) is 11.4 Å². The molecule has 0 fully saturated rings. The van der Waals surface area contributed by atoms with Gasteiger partial charge in [-0.3, -0.25) is 0 Å². The van der Waals surface area contributed by atoms with Crippen LogP contribution >= 0.6 is 0 Å². The fourth-order valence-electron chi connectivity index (χ4n) is 2.14. The Kier molecular flexibility index (Phi) is 2.52. The molecule has 2 aromatic carbocycles. The minimum absolute atomic E-state index is 0.229. The third kappa shape index (κ3) is 1.64. The number of benzene rings is 2. The Morgan fingerprint density at radius 3 is 2.50 bits per heavy atom. The summed E-state index contributed by atoms with van der Waals surface area (Å²) in [6, 6.07) is 14.3. The zero-order valence-corrected chi connectivity index (χ0v) is 9.93. The number of rotatable bonds is 2. The van der Waals surface area contributed by atoms with Gasteiger partial charge < -0.3 is 9.30 Å². The first kappa shape index (κ1) is 10.8. The molecule has 3 rings (SSSR count). The molecule has 0 atom stereocenters. The summed E-state index contributed by atoms with van der Waals surface area (Å²) in [7, 11) is 1.66. The molecule has 0 unspecified atom stereocenters. The highest BCUT2D eigenvalue weighted by Crippen LogP contribution is 2.28. The fraction of sp³-hybridized carbons (Fsp3) is 0.0667. The smallest absolute Gasteiger partial charge is 0.128 e. The van der Waals surface area contributed by atoms with E-state index in [0.29, 0.717) is 0 Å². The first-order valence-electron chi connectivity index (χ1n) is 5.69. The van der Waals surface area contributed by atoms with Gasteiger partial charge in [0.1, 0.15) is 11.6 Å². The molecule has 3 aromatic rings. The van der Waals surface area contributed by atoms with E-state index in [2.05, 4.69) is 0 Å². The van der Waals surface area contributed by atoms with E-state index < -0.39 is 0 Å². The number of hydrogen-bond acceptors (Lipinski definition) is 1. The number of hydrogen-bond donors (Lipinski definition) is 0. The molecule has 0 radical (unpaired) electrons. The Labute approximate surface area is 104 Å².